The van der Waals surface area contributed by atoms with E-state index in [1.165, 1.54) is 6.07 Å². The summed E-state index contributed by atoms with van der Waals surface area (Å²) in [5.74, 6) is 0. The molecule has 0 aromatic heterocycles. The van der Waals surface area contributed by atoms with Gasteiger partial charge in [-0.1, -0.05) is 41.4 Å². The molecule has 1 nitrogen and oxygen atoms in total. The van der Waals surface area contributed by atoms with Gasteiger partial charge < -0.3 is 5.32 Å². The lowest BCUT2D eigenvalue weighted by Crippen LogP contribution is -2.18. The zero-order chi connectivity index (χ0) is 15.6. The smallest absolute Gasteiger partial charge is 0.309 e. The largest absolute Gasteiger partial charge is 0.416 e. The molecule has 1 N–H and O–H groups in total. The first kappa shape index (κ1) is 16.1. The van der Waals surface area contributed by atoms with Crippen LogP contribution in [0.1, 0.15) is 22.7 Å². The maximum atomic E-state index is 12.8. The SMILES string of the molecule is CNC(c1cccc(C(F)(F)F)c1)c1ccc(Cl)c(Cl)c1. The highest BCUT2D eigenvalue weighted by Gasteiger charge is 2.31. The fourth-order valence-corrected chi connectivity index (χ4v) is 2.42. The van der Waals surface area contributed by atoms with Crippen LogP contribution in [0.5, 0.6) is 0 Å². The third-order valence-corrected chi connectivity index (χ3v) is 3.85. The molecule has 0 saturated heterocycles. The van der Waals surface area contributed by atoms with E-state index in [0.29, 0.717) is 15.6 Å². The first-order chi connectivity index (χ1) is 9.82. The first-order valence-corrected chi connectivity index (χ1v) is 6.88. The lowest BCUT2D eigenvalue weighted by molar-refractivity contribution is -0.137. The van der Waals surface area contributed by atoms with Gasteiger partial charge in [0.15, 0.2) is 0 Å². The summed E-state index contributed by atoms with van der Waals surface area (Å²) in [4.78, 5) is 0. The van der Waals surface area contributed by atoms with Gasteiger partial charge in [0.2, 0.25) is 0 Å². The minimum absolute atomic E-state index is 0.362. The highest BCUT2D eigenvalue weighted by molar-refractivity contribution is 6.42. The fraction of sp³-hybridized carbons (Fsp3) is 0.200. The molecule has 0 heterocycles. The van der Waals surface area contributed by atoms with Crippen molar-refractivity contribution in [1.82, 2.24) is 5.32 Å². The van der Waals surface area contributed by atoms with Crippen LogP contribution in [0.3, 0.4) is 0 Å². The molecule has 21 heavy (non-hydrogen) atoms. The highest BCUT2D eigenvalue weighted by atomic mass is 35.5. The minimum atomic E-state index is -4.37. The summed E-state index contributed by atoms with van der Waals surface area (Å²) in [6, 6.07) is 9.80. The second kappa shape index (κ2) is 6.26. The normalized spacial score (nSPS) is 13.2. The Bertz CT molecular complexity index is 641. The lowest BCUT2D eigenvalue weighted by Gasteiger charge is -2.19. The molecule has 2 rings (SSSR count). The quantitative estimate of drug-likeness (QED) is 0.801. The molecular formula is C15H12Cl2F3N. The number of rotatable bonds is 3. The molecule has 1 unspecified atom stereocenters. The summed E-state index contributed by atoms with van der Waals surface area (Å²) in [6.07, 6.45) is -4.37. The Kier molecular flexibility index (Phi) is 4.81. The Hall–Kier alpha value is -1.23. The molecule has 0 aliphatic carbocycles. The van der Waals surface area contributed by atoms with E-state index in [9.17, 15) is 13.2 Å². The van der Waals surface area contributed by atoms with Gasteiger partial charge >= 0.3 is 6.18 Å². The second-order valence-electron chi connectivity index (χ2n) is 4.52. The van der Waals surface area contributed by atoms with Gasteiger partial charge in [-0.3, -0.25) is 0 Å². The van der Waals surface area contributed by atoms with Crippen molar-refractivity contribution in [1.29, 1.82) is 0 Å². The van der Waals surface area contributed by atoms with Crippen molar-refractivity contribution in [2.75, 3.05) is 7.05 Å². The van der Waals surface area contributed by atoms with Crippen molar-refractivity contribution in [2.45, 2.75) is 12.2 Å². The molecular weight excluding hydrogens is 322 g/mol. The summed E-state index contributed by atoms with van der Waals surface area (Å²) in [6.45, 7) is 0. The molecule has 0 saturated carbocycles. The van der Waals surface area contributed by atoms with Crippen LogP contribution in [-0.2, 0) is 6.18 Å². The number of hydrogen-bond acceptors (Lipinski definition) is 1. The molecule has 2 aromatic carbocycles. The van der Waals surface area contributed by atoms with Crippen molar-refractivity contribution < 1.29 is 13.2 Å². The van der Waals surface area contributed by atoms with E-state index >= 15 is 0 Å². The Labute approximate surface area is 130 Å². The van der Waals surface area contributed by atoms with E-state index in [1.54, 1.807) is 31.3 Å². The Balaban J connectivity index is 2.44. The van der Waals surface area contributed by atoms with Gasteiger partial charge in [0, 0.05) is 0 Å². The Morgan fingerprint density at radius 2 is 1.62 bits per heavy atom. The van der Waals surface area contributed by atoms with Gasteiger partial charge in [-0.05, 0) is 42.4 Å². The summed E-state index contributed by atoms with van der Waals surface area (Å²) in [5, 5.41) is 3.76. The molecule has 0 radical (unpaired) electrons. The second-order valence-corrected chi connectivity index (χ2v) is 5.33. The molecule has 0 aliphatic rings. The predicted molar refractivity (Wildman–Crippen MR) is 78.8 cm³/mol. The number of hydrogen-bond donors (Lipinski definition) is 1. The van der Waals surface area contributed by atoms with E-state index < -0.39 is 17.8 Å². The van der Waals surface area contributed by atoms with Crippen molar-refractivity contribution in [3.8, 4) is 0 Å². The predicted octanol–water partition coefficient (Wildman–Crippen LogP) is 5.32. The Morgan fingerprint density at radius 3 is 2.19 bits per heavy atom. The monoisotopic (exact) mass is 333 g/mol. The van der Waals surface area contributed by atoms with E-state index in [4.69, 9.17) is 23.2 Å². The minimum Gasteiger partial charge on any atom is -0.309 e. The van der Waals surface area contributed by atoms with Gasteiger partial charge in [0.1, 0.15) is 0 Å². The molecule has 112 valence electrons. The number of halogens is 5. The molecule has 0 fully saturated rings. The number of alkyl halides is 3. The summed E-state index contributed by atoms with van der Waals surface area (Å²) in [5.41, 5.74) is 0.567. The molecule has 6 heteroatoms. The standard InChI is InChI=1S/C15H12Cl2F3N/c1-21-14(10-5-6-12(16)13(17)8-10)9-3-2-4-11(7-9)15(18,19)20/h2-8,14,21H,1H3. The van der Waals surface area contributed by atoms with Crippen LogP contribution in [0.4, 0.5) is 13.2 Å². The summed E-state index contributed by atoms with van der Waals surface area (Å²) >= 11 is 11.8. The summed E-state index contributed by atoms with van der Waals surface area (Å²) in [7, 11) is 1.67. The van der Waals surface area contributed by atoms with Crippen LogP contribution in [-0.4, -0.2) is 7.05 Å². The lowest BCUT2D eigenvalue weighted by atomic mass is 9.97. The third kappa shape index (κ3) is 3.70. The van der Waals surface area contributed by atoms with E-state index in [1.807, 2.05) is 0 Å². The van der Waals surface area contributed by atoms with Crippen LogP contribution in [0.15, 0.2) is 42.5 Å². The van der Waals surface area contributed by atoms with E-state index in [-0.39, 0.29) is 0 Å². The highest BCUT2D eigenvalue weighted by Crippen LogP contribution is 2.33. The zero-order valence-corrected chi connectivity index (χ0v) is 12.5. The van der Waals surface area contributed by atoms with E-state index in [0.717, 1.165) is 17.7 Å². The number of nitrogens with one attached hydrogen (secondary N) is 1. The Morgan fingerprint density at radius 1 is 0.952 bits per heavy atom. The molecule has 2 aromatic rings. The van der Waals surface area contributed by atoms with Crippen molar-refractivity contribution in [3.05, 3.63) is 69.2 Å². The third-order valence-electron chi connectivity index (χ3n) is 3.11. The van der Waals surface area contributed by atoms with Crippen LogP contribution < -0.4 is 5.32 Å². The zero-order valence-electron chi connectivity index (χ0n) is 11.0. The van der Waals surface area contributed by atoms with Gasteiger partial charge in [-0.25, -0.2) is 0 Å². The van der Waals surface area contributed by atoms with Gasteiger partial charge in [0.25, 0.3) is 0 Å². The van der Waals surface area contributed by atoms with Crippen LogP contribution >= 0.6 is 23.2 Å². The van der Waals surface area contributed by atoms with Gasteiger partial charge in [-0.15, -0.1) is 0 Å². The molecule has 0 amide bonds. The topological polar surface area (TPSA) is 12.0 Å². The van der Waals surface area contributed by atoms with Crippen molar-refractivity contribution in [3.63, 3.8) is 0 Å². The van der Waals surface area contributed by atoms with E-state index in [2.05, 4.69) is 5.32 Å². The van der Waals surface area contributed by atoms with Crippen molar-refractivity contribution in [2.24, 2.45) is 0 Å². The van der Waals surface area contributed by atoms with Crippen LogP contribution in [0.2, 0.25) is 10.0 Å². The van der Waals surface area contributed by atoms with Gasteiger partial charge in [-0.2, -0.15) is 13.2 Å². The maximum absolute atomic E-state index is 12.8. The fourth-order valence-electron chi connectivity index (χ4n) is 2.11. The van der Waals surface area contributed by atoms with Crippen molar-refractivity contribution >= 4 is 23.2 Å². The first-order valence-electron chi connectivity index (χ1n) is 6.12. The molecule has 0 aliphatic heterocycles. The van der Waals surface area contributed by atoms with Crippen LogP contribution in [0.25, 0.3) is 0 Å². The molecule has 0 bridgehead atoms. The van der Waals surface area contributed by atoms with Crippen LogP contribution in [0, 0.1) is 0 Å². The average molecular weight is 334 g/mol. The average Bonchev–Trinajstić information content (AvgIpc) is 2.43. The molecule has 0 spiro atoms. The summed E-state index contributed by atoms with van der Waals surface area (Å²) < 4.78 is 38.4. The van der Waals surface area contributed by atoms with Gasteiger partial charge in [0.05, 0.1) is 21.7 Å². The molecule has 1 atom stereocenters. The number of benzene rings is 2. The maximum Gasteiger partial charge on any atom is 0.416 e.